The van der Waals surface area contributed by atoms with Crippen molar-refractivity contribution in [2.45, 2.75) is 26.8 Å². The smallest absolute Gasteiger partial charge is 0.419 e. The number of hydrogen-bond acceptors (Lipinski definition) is 4. The number of rotatable bonds is 2. The molecule has 2 N–H and O–H groups in total. The number of aromatic nitrogens is 1. The molecule has 0 aliphatic carbocycles. The van der Waals surface area contributed by atoms with E-state index >= 15 is 0 Å². The van der Waals surface area contributed by atoms with E-state index in [4.69, 9.17) is 14.6 Å². The predicted octanol–water partition coefficient (Wildman–Crippen LogP) is 2.70. The Morgan fingerprint density at radius 1 is 1.14 bits per heavy atom. The Kier molecular flexibility index (Phi) is 3.02. The van der Waals surface area contributed by atoms with Crippen LogP contribution in [0, 0.1) is 20.8 Å². The lowest BCUT2D eigenvalue weighted by Gasteiger charge is -2.12. The van der Waals surface area contributed by atoms with Crippen molar-refractivity contribution in [3.05, 3.63) is 57.0 Å². The van der Waals surface area contributed by atoms with Gasteiger partial charge in [0, 0.05) is 12.6 Å². The molecule has 0 fully saturated rings. The summed E-state index contributed by atoms with van der Waals surface area (Å²) in [4.78, 5) is 11.6. The normalized spacial score (nSPS) is 13.0. The van der Waals surface area contributed by atoms with E-state index in [1.54, 1.807) is 7.05 Å². The van der Waals surface area contributed by atoms with Gasteiger partial charge in [-0.3, -0.25) is 4.57 Å². The summed E-state index contributed by atoms with van der Waals surface area (Å²) in [5.74, 6) is 1.33. The van der Waals surface area contributed by atoms with Crippen LogP contribution in [0.25, 0.3) is 11.1 Å². The number of nitrogens with zero attached hydrogens (tertiary/aromatic N) is 1. The Bertz CT molecular complexity index is 883. The molecule has 110 valence electrons. The molecule has 3 rings (SSSR count). The van der Waals surface area contributed by atoms with Gasteiger partial charge >= 0.3 is 5.76 Å². The maximum Gasteiger partial charge on any atom is 0.419 e. The third-order valence-electron chi connectivity index (χ3n) is 4.10. The Balaban J connectivity index is 2.13. The third-order valence-corrected chi connectivity index (χ3v) is 4.10. The van der Waals surface area contributed by atoms with Crippen LogP contribution in [0.3, 0.4) is 0 Å². The first kappa shape index (κ1) is 13.7. The minimum Gasteiger partial charge on any atom is -0.466 e. The van der Waals surface area contributed by atoms with Gasteiger partial charge in [0.15, 0.2) is 5.58 Å². The van der Waals surface area contributed by atoms with Crippen molar-refractivity contribution in [3.8, 4) is 0 Å². The molecule has 1 atom stereocenters. The average molecular weight is 286 g/mol. The van der Waals surface area contributed by atoms with Crippen LogP contribution >= 0.6 is 0 Å². The van der Waals surface area contributed by atoms with Crippen molar-refractivity contribution in [2.24, 2.45) is 12.8 Å². The van der Waals surface area contributed by atoms with Gasteiger partial charge in [-0.1, -0.05) is 6.07 Å². The zero-order valence-corrected chi connectivity index (χ0v) is 12.6. The highest BCUT2D eigenvalue weighted by atomic mass is 16.4. The van der Waals surface area contributed by atoms with Crippen molar-refractivity contribution < 1.29 is 8.83 Å². The summed E-state index contributed by atoms with van der Waals surface area (Å²) in [6.45, 7) is 5.84. The van der Waals surface area contributed by atoms with E-state index in [0.29, 0.717) is 5.58 Å². The van der Waals surface area contributed by atoms with Crippen molar-refractivity contribution >= 4 is 11.1 Å². The molecule has 21 heavy (non-hydrogen) atoms. The average Bonchev–Trinajstić information content (AvgIpc) is 2.86. The number of benzene rings is 1. The Morgan fingerprint density at radius 2 is 1.86 bits per heavy atom. The first-order valence-electron chi connectivity index (χ1n) is 6.81. The predicted molar refractivity (Wildman–Crippen MR) is 80.4 cm³/mol. The molecule has 0 spiro atoms. The first-order chi connectivity index (χ1) is 9.90. The number of nitrogens with two attached hydrogens (primary N) is 1. The summed E-state index contributed by atoms with van der Waals surface area (Å²) in [6, 6.07) is 5.29. The van der Waals surface area contributed by atoms with Crippen LogP contribution in [0.15, 0.2) is 31.8 Å². The quantitative estimate of drug-likeness (QED) is 0.786. The van der Waals surface area contributed by atoms with E-state index < -0.39 is 0 Å². The molecule has 0 bridgehead atoms. The summed E-state index contributed by atoms with van der Waals surface area (Å²) in [5.41, 5.74) is 10.6. The summed E-state index contributed by atoms with van der Waals surface area (Å²) in [7, 11) is 1.68. The van der Waals surface area contributed by atoms with Crippen LogP contribution in [-0.2, 0) is 7.05 Å². The van der Waals surface area contributed by atoms with Gasteiger partial charge in [-0.25, -0.2) is 4.79 Å². The van der Waals surface area contributed by atoms with Crippen molar-refractivity contribution in [3.63, 3.8) is 0 Å². The SMILES string of the molecule is Cc1oc(C)c(C(N)c2ccc3c(c2)oc(=O)n3C)c1C. The van der Waals surface area contributed by atoms with Crippen molar-refractivity contribution in [2.75, 3.05) is 0 Å². The largest absolute Gasteiger partial charge is 0.466 e. The van der Waals surface area contributed by atoms with E-state index in [1.165, 1.54) is 4.57 Å². The number of fused-ring (bicyclic) bond motifs is 1. The van der Waals surface area contributed by atoms with E-state index in [2.05, 4.69) is 0 Å². The number of aryl methyl sites for hydroxylation is 3. The lowest BCUT2D eigenvalue weighted by atomic mass is 9.96. The van der Waals surface area contributed by atoms with E-state index in [0.717, 1.165) is 33.7 Å². The molecule has 0 radical (unpaired) electrons. The fourth-order valence-corrected chi connectivity index (χ4v) is 2.78. The monoisotopic (exact) mass is 286 g/mol. The second-order valence-corrected chi connectivity index (χ2v) is 5.38. The highest BCUT2D eigenvalue weighted by Gasteiger charge is 2.20. The van der Waals surface area contributed by atoms with E-state index in [-0.39, 0.29) is 11.8 Å². The Morgan fingerprint density at radius 3 is 2.48 bits per heavy atom. The van der Waals surface area contributed by atoms with Crippen LogP contribution in [0.5, 0.6) is 0 Å². The maximum absolute atomic E-state index is 11.6. The van der Waals surface area contributed by atoms with Gasteiger partial charge in [0.1, 0.15) is 11.5 Å². The molecule has 5 nitrogen and oxygen atoms in total. The van der Waals surface area contributed by atoms with Crippen LogP contribution in [0.2, 0.25) is 0 Å². The number of oxazole rings is 1. The second kappa shape index (κ2) is 4.63. The fourth-order valence-electron chi connectivity index (χ4n) is 2.78. The molecule has 0 saturated heterocycles. The molecule has 1 unspecified atom stereocenters. The molecule has 0 aliphatic heterocycles. The lowest BCUT2D eigenvalue weighted by molar-refractivity contribution is 0.498. The molecule has 5 heteroatoms. The van der Waals surface area contributed by atoms with Gasteiger partial charge in [-0.2, -0.15) is 0 Å². The molecule has 2 aromatic heterocycles. The van der Waals surface area contributed by atoms with Crippen molar-refractivity contribution in [1.82, 2.24) is 4.57 Å². The lowest BCUT2D eigenvalue weighted by Crippen LogP contribution is -2.13. The molecule has 0 amide bonds. The van der Waals surface area contributed by atoms with Crippen LogP contribution in [0.1, 0.15) is 34.3 Å². The fraction of sp³-hybridized carbons (Fsp3) is 0.312. The van der Waals surface area contributed by atoms with E-state index in [9.17, 15) is 4.79 Å². The van der Waals surface area contributed by atoms with Crippen LogP contribution in [-0.4, -0.2) is 4.57 Å². The zero-order chi connectivity index (χ0) is 15.3. The summed E-state index contributed by atoms with van der Waals surface area (Å²) >= 11 is 0. The molecule has 0 aliphatic rings. The molecule has 2 heterocycles. The summed E-state index contributed by atoms with van der Waals surface area (Å²) in [6.07, 6.45) is 0. The first-order valence-corrected chi connectivity index (χ1v) is 6.81. The third kappa shape index (κ3) is 2.01. The van der Waals surface area contributed by atoms with Gasteiger partial charge in [-0.05, 0) is 44.0 Å². The number of furan rings is 1. The molecule has 3 aromatic rings. The van der Waals surface area contributed by atoms with Gasteiger partial charge < -0.3 is 14.6 Å². The Labute approximate surface area is 122 Å². The maximum atomic E-state index is 11.6. The van der Waals surface area contributed by atoms with E-state index in [1.807, 2.05) is 39.0 Å². The highest BCUT2D eigenvalue weighted by Crippen LogP contribution is 2.30. The van der Waals surface area contributed by atoms with Crippen LogP contribution in [0.4, 0.5) is 0 Å². The zero-order valence-electron chi connectivity index (χ0n) is 12.6. The summed E-state index contributed by atoms with van der Waals surface area (Å²) < 4.78 is 12.3. The topological polar surface area (TPSA) is 74.3 Å². The van der Waals surface area contributed by atoms with Crippen LogP contribution < -0.4 is 11.5 Å². The van der Waals surface area contributed by atoms with Gasteiger partial charge in [0.05, 0.1) is 11.6 Å². The van der Waals surface area contributed by atoms with Gasteiger partial charge in [-0.15, -0.1) is 0 Å². The minimum absolute atomic E-state index is 0.308. The van der Waals surface area contributed by atoms with Gasteiger partial charge in [0.25, 0.3) is 0 Å². The second-order valence-electron chi connectivity index (χ2n) is 5.38. The highest BCUT2D eigenvalue weighted by molar-refractivity contribution is 5.74. The Hall–Kier alpha value is -2.27. The standard InChI is InChI=1S/C16H18N2O3/c1-8-9(2)20-10(3)14(8)15(17)11-5-6-12-13(7-11)21-16(19)18(12)4/h5-7,15H,17H2,1-4H3. The number of hydrogen-bond donors (Lipinski definition) is 1. The minimum atomic E-state index is -0.373. The molecule has 1 aromatic carbocycles. The van der Waals surface area contributed by atoms with Crippen molar-refractivity contribution in [1.29, 1.82) is 0 Å². The molecule has 0 saturated carbocycles. The molecular weight excluding hydrogens is 268 g/mol. The van der Waals surface area contributed by atoms with Gasteiger partial charge in [0.2, 0.25) is 0 Å². The molecular formula is C16H18N2O3. The summed E-state index contributed by atoms with van der Waals surface area (Å²) in [5, 5.41) is 0.